The number of aryl methyl sites for hydroxylation is 1. The molecule has 0 bridgehead atoms. The Morgan fingerprint density at radius 1 is 1.30 bits per heavy atom. The zero-order valence-electron chi connectivity index (χ0n) is 12.1. The van der Waals surface area contributed by atoms with Crippen LogP contribution in [0.1, 0.15) is 18.4 Å². The van der Waals surface area contributed by atoms with Crippen LogP contribution in [0.3, 0.4) is 0 Å². The first kappa shape index (κ1) is 13.6. The van der Waals surface area contributed by atoms with E-state index >= 15 is 0 Å². The van der Waals surface area contributed by atoms with Gasteiger partial charge in [0.2, 0.25) is 5.91 Å². The molecule has 108 valence electrons. The first-order valence-electron chi connectivity index (χ1n) is 7.54. The molecule has 2 heterocycles. The summed E-state index contributed by atoms with van der Waals surface area (Å²) in [7, 11) is 0. The van der Waals surface area contributed by atoms with Gasteiger partial charge in [-0.25, -0.2) is 0 Å². The Morgan fingerprint density at radius 3 is 3.00 bits per heavy atom. The third kappa shape index (κ3) is 3.02. The molecule has 4 nitrogen and oxygen atoms in total. The van der Waals surface area contributed by atoms with Crippen molar-refractivity contribution in [3.8, 4) is 0 Å². The van der Waals surface area contributed by atoms with Gasteiger partial charge in [0.05, 0.1) is 6.54 Å². The molecule has 1 aromatic carbocycles. The molecular formula is C16H23N3O. The molecule has 1 aromatic rings. The summed E-state index contributed by atoms with van der Waals surface area (Å²) >= 11 is 0. The van der Waals surface area contributed by atoms with E-state index in [0.717, 1.165) is 30.9 Å². The molecule has 2 aliphatic rings. The molecule has 0 radical (unpaired) electrons. The molecule has 2 aliphatic heterocycles. The molecule has 1 N–H and O–H groups in total. The zero-order valence-corrected chi connectivity index (χ0v) is 12.1. The molecule has 4 heteroatoms. The van der Waals surface area contributed by atoms with E-state index < -0.39 is 0 Å². The lowest BCUT2D eigenvalue weighted by Gasteiger charge is -2.37. The van der Waals surface area contributed by atoms with E-state index in [2.05, 4.69) is 15.1 Å². The van der Waals surface area contributed by atoms with Crippen molar-refractivity contribution in [2.45, 2.75) is 25.8 Å². The van der Waals surface area contributed by atoms with Gasteiger partial charge in [0.1, 0.15) is 0 Å². The smallest absolute Gasteiger partial charge is 0.238 e. The van der Waals surface area contributed by atoms with E-state index in [1.165, 1.54) is 19.4 Å². The lowest BCUT2D eigenvalue weighted by molar-refractivity contribution is -0.117. The van der Waals surface area contributed by atoms with Gasteiger partial charge in [0.15, 0.2) is 0 Å². The number of rotatable bonds is 3. The Labute approximate surface area is 120 Å². The molecular weight excluding hydrogens is 250 g/mol. The van der Waals surface area contributed by atoms with Crippen LogP contribution in [0, 0.1) is 6.92 Å². The van der Waals surface area contributed by atoms with Crippen LogP contribution in [0.2, 0.25) is 0 Å². The first-order chi connectivity index (χ1) is 9.72. The number of nitrogens with one attached hydrogen (secondary N) is 1. The van der Waals surface area contributed by atoms with Crippen molar-refractivity contribution in [3.05, 3.63) is 29.8 Å². The van der Waals surface area contributed by atoms with E-state index in [9.17, 15) is 4.79 Å². The van der Waals surface area contributed by atoms with Crippen LogP contribution in [-0.2, 0) is 4.79 Å². The van der Waals surface area contributed by atoms with Crippen LogP contribution in [0.4, 0.5) is 5.69 Å². The average Bonchev–Trinajstić information content (AvgIpc) is 2.89. The minimum Gasteiger partial charge on any atom is -0.325 e. The third-order valence-corrected chi connectivity index (χ3v) is 4.46. The standard InChI is InChI=1S/C16H23N3O/c1-13-5-2-3-7-15(13)17-16(20)12-18-9-10-19-8-4-6-14(19)11-18/h2-3,5,7,14H,4,6,8-12H2,1H3,(H,17,20). The average molecular weight is 273 g/mol. The topological polar surface area (TPSA) is 35.6 Å². The zero-order chi connectivity index (χ0) is 13.9. The molecule has 0 saturated carbocycles. The fraction of sp³-hybridized carbons (Fsp3) is 0.562. The second-order valence-electron chi connectivity index (χ2n) is 5.93. The summed E-state index contributed by atoms with van der Waals surface area (Å²) < 4.78 is 0. The van der Waals surface area contributed by atoms with Crippen molar-refractivity contribution in [3.63, 3.8) is 0 Å². The fourth-order valence-corrected chi connectivity index (χ4v) is 3.31. The predicted octanol–water partition coefficient (Wildman–Crippen LogP) is 1.71. The number of hydrogen-bond acceptors (Lipinski definition) is 3. The van der Waals surface area contributed by atoms with E-state index in [-0.39, 0.29) is 5.91 Å². The van der Waals surface area contributed by atoms with Crippen LogP contribution in [0.25, 0.3) is 0 Å². The summed E-state index contributed by atoms with van der Waals surface area (Å²) in [5.41, 5.74) is 2.04. The Morgan fingerprint density at radius 2 is 2.15 bits per heavy atom. The van der Waals surface area contributed by atoms with E-state index in [4.69, 9.17) is 0 Å². The van der Waals surface area contributed by atoms with E-state index in [1.54, 1.807) is 0 Å². The van der Waals surface area contributed by atoms with Crippen LogP contribution in [0.15, 0.2) is 24.3 Å². The van der Waals surface area contributed by atoms with Crippen molar-refractivity contribution in [1.82, 2.24) is 9.80 Å². The van der Waals surface area contributed by atoms with Crippen LogP contribution < -0.4 is 5.32 Å². The molecule has 0 spiro atoms. The molecule has 2 fully saturated rings. The van der Waals surface area contributed by atoms with Gasteiger partial charge in [0.25, 0.3) is 0 Å². The number of nitrogens with zero attached hydrogens (tertiary/aromatic N) is 2. The van der Waals surface area contributed by atoms with Crippen molar-refractivity contribution >= 4 is 11.6 Å². The SMILES string of the molecule is Cc1ccccc1NC(=O)CN1CCN2CCCC2C1. The Balaban J connectivity index is 1.53. The van der Waals surface area contributed by atoms with Crippen molar-refractivity contribution < 1.29 is 4.79 Å². The summed E-state index contributed by atoms with van der Waals surface area (Å²) in [5, 5.41) is 3.02. The number of hydrogen-bond donors (Lipinski definition) is 1. The molecule has 0 aromatic heterocycles. The molecule has 1 unspecified atom stereocenters. The predicted molar refractivity (Wildman–Crippen MR) is 80.8 cm³/mol. The normalized spacial score (nSPS) is 23.6. The number of piperazine rings is 1. The second-order valence-corrected chi connectivity index (χ2v) is 5.93. The molecule has 1 atom stereocenters. The number of amides is 1. The number of carbonyl (C=O) groups is 1. The number of anilines is 1. The number of para-hydroxylation sites is 1. The molecule has 2 saturated heterocycles. The molecule has 0 aliphatic carbocycles. The van der Waals surface area contributed by atoms with E-state index in [1.807, 2.05) is 31.2 Å². The van der Waals surface area contributed by atoms with E-state index in [0.29, 0.717) is 12.6 Å². The number of fused-ring (bicyclic) bond motifs is 1. The monoisotopic (exact) mass is 273 g/mol. The minimum absolute atomic E-state index is 0.103. The second kappa shape index (κ2) is 5.94. The van der Waals surface area contributed by atoms with Crippen LogP contribution in [0.5, 0.6) is 0 Å². The van der Waals surface area contributed by atoms with Crippen molar-refractivity contribution in [1.29, 1.82) is 0 Å². The van der Waals surface area contributed by atoms with Gasteiger partial charge >= 0.3 is 0 Å². The van der Waals surface area contributed by atoms with Crippen LogP contribution in [-0.4, -0.2) is 54.5 Å². The summed E-state index contributed by atoms with van der Waals surface area (Å²) in [5.74, 6) is 0.103. The number of carbonyl (C=O) groups excluding carboxylic acids is 1. The maximum absolute atomic E-state index is 12.2. The van der Waals surface area contributed by atoms with Crippen molar-refractivity contribution in [2.24, 2.45) is 0 Å². The van der Waals surface area contributed by atoms with Gasteiger partial charge in [-0.05, 0) is 37.9 Å². The van der Waals surface area contributed by atoms with Gasteiger partial charge < -0.3 is 5.32 Å². The highest BCUT2D eigenvalue weighted by atomic mass is 16.2. The lowest BCUT2D eigenvalue weighted by Crippen LogP contribution is -2.51. The molecule has 20 heavy (non-hydrogen) atoms. The maximum atomic E-state index is 12.2. The molecule has 3 rings (SSSR count). The lowest BCUT2D eigenvalue weighted by atomic mass is 10.1. The Hall–Kier alpha value is -1.39. The van der Waals surface area contributed by atoms with Crippen LogP contribution >= 0.6 is 0 Å². The maximum Gasteiger partial charge on any atom is 0.238 e. The highest BCUT2D eigenvalue weighted by Gasteiger charge is 2.30. The Bertz CT molecular complexity index is 488. The first-order valence-corrected chi connectivity index (χ1v) is 7.54. The van der Waals surface area contributed by atoms with Gasteiger partial charge in [-0.1, -0.05) is 18.2 Å². The highest BCUT2D eigenvalue weighted by molar-refractivity contribution is 5.92. The Kier molecular flexibility index (Phi) is 4.03. The summed E-state index contributed by atoms with van der Waals surface area (Å²) in [6, 6.07) is 8.61. The highest BCUT2D eigenvalue weighted by Crippen LogP contribution is 2.21. The van der Waals surface area contributed by atoms with Gasteiger partial charge in [0, 0.05) is 31.4 Å². The van der Waals surface area contributed by atoms with Crippen molar-refractivity contribution in [2.75, 3.05) is 38.0 Å². The largest absolute Gasteiger partial charge is 0.325 e. The van der Waals surface area contributed by atoms with Gasteiger partial charge in [-0.3, -0.25) is 14.6 Å². The quantitative estimate of drug-likeness (QED) is 0.911. The van der Waals surface area contributed by atoms with Gasteiger partial charge in [-0.2, -0.15) is 0 Å². The minimum atomic E-state index is 0.103. The van der Waals surface area contributed by atoms with Gasteiger partial charge in [-0.15, -0.1) is 0 Å². The summed E-state index contributed by atoms with van der Waals surface area (Å²) in [6.07, 6.45) is 2.60. The molecule has 1 amide bonds. The third-order valence-electron chi connectivity index (χ3n) is 4.46. The summed E-state index contributed by atoms with van der Waals surface area (Å²) in [4.78, 5) is 17.0. The number of benzene rings is 1. The fourth-order valence-electron chi connectivity index (χ4n) is 3.31. The summed E-state index contributed by atoms with van der Waals surface area (Å²) in [6.45, 7) is 6.95.